The van der Waals surface area contributed by atoms with Crippen molar-refractivity contribution in [3.63, 3.8) is 0 Å². The van der Waals surface area contributed by atoms with Crippen LogP contribution < -0.4 is 5.32 Å². The number of hydrogen-bond donors (Lipinski definition) is 2. The van der Waals surface area contributed by atoms with E-state index in [1.54, 1.807) is 0 Å². The molecule has 0 heterocycles. The summed E-state index contributed by atoms with van der Waals surface area (Å²) in [5, 5.41) is 12.2. The zero-order valence-corrected chi connectivity index (χ0v) is 13.1. The molecule has 1 fully saturated rings. The van der Waals surface area contributed by atoms with Gasteiger partial charge in [-0.15, -0.1) is 0 Å². The number of nitrogens with one attached hydrogen (secondary N) is 1. The highest BCUT2D eigenvalue weighted by Crippen LogP contribution is 2.25. The molecule has 0 unspecified atom stereocenters. The number of carboxylic acid groups (broad SMARTS) is 1. The SMILES string of the molecule is CC(C)(C)CCCC(=O)N[C@H]1CCCCC[C@H]1C(=O)O. The first-order valence-corrected chi connectivity index (χ1v) is 7.82. The first-order valence-electron chi connectivity index (χ1n) is 7.82. The summed E-state index contributed by atoms with van der Waals surface area (Å²) in [6.45, 7) is 6.49. The molecule has 0 spiro atoms. The molecule has 0 bridgehead atoms. The molecule has 20 heavy (non-hydrogen) atoms. The van der Waals surface area contributed by atoms with Gasteiger partial charge >= 0.3 is 5.97 Å². The Bertz CT molecular complexity index is 333. The lowest BCUT2D eigenvalue weighted by atomic mass is 9.89. The Morgan fingerprint density at radius 3 is 2.40 bits per heavy atom. The predicted octanol–water partition coefficient (Wildman–Crippen LogP) is 3.35. The van der Waals surface area contributed by atoms with Gasteiger partial charge in [0.1, 0.15) is 0 Å². The van der Waals surface area contributed by atoms with Crippen molar-refractivity contribution < 1.29 is 14.7 Å². The maximum absolute atomic E-state index is 12.0. The fourth-order valence-corrected chi connectivity index (χ4v) is 2.83. The number of carboxylic acids is 1. The van der Waals surface area contributed by atoms with E-state index in [1.807, 2.05) is 0 Å². The van der Waals surface area contributed by atoms with Gasteiger partial charge in [0.05, 0.1) is 5.92 Å². The van der Waals surface area contributed by atoms with Crippen molar-refractivity contribution in [2.75, 3.05) is 0 Å². The van der Waals surface area contributed by atoms with Crippen molar-refractivity contribution in [3.05, 3.63) is 0 Å². The molecular formula is C16H29NO3. The molecule has 1 rings (SSSR count). The van der Waals surface area contributed by atoms with Gasteiger partial charge in [-0.25, -0.2) is 0 Å². The minimum atomic E-state index is -0.771. The summed E-state index contributed by atoms with van der Waals surface area (Å²) in [4.78, 5) is 23.3. The number of amides is 1. The summed E-state index contributed by atoms with van der Waals surface area (Å²) in [6, 6.07) is -0.183. The maximum Gasteiger partial charge on any atom is 0.308 e. The number of hydrogen-bond acceptors (Lipinski definition) is 2. The molecule has 1 amide bonds. The first kappa shape index (κ1) is 17.0. The Labute approximate surface area is 122 Å². The normalized spacial score (nSPS) is 23.9. The van der Waals surface area contributed by atoms with Gasteiger partial charge < -0.3 is 10.4 Å². The quantitative estimate of drug-likeness (QED) is 0.760. The van der Waals surface area contributed by atoms with E-state index in [1.165, 1.54) is 0 Å². The van der Waals surface area contributed by atoms with E-state index in [0.29, 0.717) is 12.8 Å². The zero-order valence-electron chi connectivity index (χ0n) is 13.1. The van der Waals surface area contributed by atoms with E-state index in [2.05, 4.69) is 26.1 Å². The molecule has 0 radical (unpaired) electrons. The van der Waals surface area contributed by atoms with E-state index in [4.69, 9.17) is 0 Å². The molecule has 0 saturated heterocycles. The van der Waals surface area contributed by atoms with Crippen molar-refractivity contribution in [3.8, 4) is 0 Å². The molecule has 116 valence electrons. The smallest absolute Gasteiger partial charge is 0.308 e. The maximum atomic E-state index is 12.0. The largest absolute Gasteiger partial charge is 0.481 e. The van der Waals surface area contributed by atoms with Crippen molar-refractivity contribution >= 4 is 11.9 Å². The van der Waals surface area contributed by atoms with Gasteiger partial charge in [0, 0.05) is 12.5 Å². The van der Waals surface area contributed by atoms with E-state index in [9.17, 15) is 14.7 Å². The third kappa shape index (κ3) is 6.40. The summed E-state index contributed by atoms with van der Waals surface area (Å²) < 4.78 is 0. The third-order valence-corrected chi connectivity index (χ3v) is 4.01. The van der Waals surface area contributed by atoms with E-state index in [-0.39, 0.29) is 17.4 Å². The second-order valence-corrected chi connectivity index (χ2v) is 7.17. The zero-order chi connectivity index (χ0) is 15.2. The minimum absolute atomic E-state index is 0.00685. The van der Waals surface area contributed by atoms with Crippen LogP contribution in [-0.2, 0) is 9.59 Å². The van der Waals surface area contributed by atoms with Crippen LogP contribution in [-0.4, -0.2) is 23.0 Å². The van der Waals surface area contributed by atoms with Crippen LogP contribution in [0.1, 0.15) is 72.1 Å². The van der Waals surface area contributed by atoms with Gasteiger partial charge in [-0.1, -0.05) is 40.0 Å². The molecule has 2 N–H and O–H groups in total. The monoisotopic (exact) mass is 283 g/mol. The van der Waals surface area contributed by atoms with E-state index < -0.39 is 11.9 Å². The lowest BCUT2D eigenvalue weighted by Crippen LogP contribution is -2.42. The average Bonchev–Trinajstić information content (AvgIpc) is 2.52. The molecule has 1 aliphatic carbocycles. The third-order valence-electron chi connectivity index (χ3n) is 4.01. The number of rotatable bonds is 5. The topological polar surface area (TPSA) is 66.4 Å². The molecule has 0 aromatic rings. The lowest BCUT2D eigenvalue weighted by molar-refractivity contribution is -0.143. The van der Waals surface area contributed by atoms with Gasteiger partial charge in [-0.3, -0.25) is 9.59 Å². The van der Waals surface area contributed by atoms with Crippen molar-refractivity contribution in [2.24, 2.45) is 11.3 Å². The van der Waals surface area contributed by atoms with E-state index in [0.717, 1.165) is 38.5 Å². The Morgan fingerprint density at radius 1 is 1.15 bits per heavy atom. The summed E-state index contributed by atoms with van der Waals surface area (Å²) in [5.74, 6) is -1.18. The highest BCUT2D eigenvalue weighted by atomic mass is 16.4. The van der Waals surface area contributed by atoms with Gasteiger partial charge in [-0.05, 0) is 31.1 Å². The molecule has 0 aromatic heterocycles. The summed E-state index contributed by atoms with van der Waals surface area (Å²) >= 11 is 0. The molecule has 4 heteroatoms. The lowest BCUT2D eigenvalue weighted by Gasteiger charge is -2.23. The second-order valence-electron chi connectivity index (χ2n) is 7.17. The summed E-state index contributed by atoms with van der Waals surface area (Å²) in [6.07, 6.45) is 6.88. The van der Waals surface area contributed by atoms with Crippen molar-refractivity contribution in [1.29, 1.82) is 0 Å². The summed E-state index contributed by atoms with van der Waals surface area (Å²) in [7, 11) is 0. The second kappa shape index (κ2) is 7.65. The fraction of sp³-hybridized carbons (Fsp3) is 0.875. The van der Waals surface area contributed by atoms with E-state index >= 15 is 0 Å². The van der Waals surface area contributed by atoms with Gasteiger partial charge in [0.15, 0.2) is 0 Å². The number of carbonyl (C=O) groups is 2. The molecule has 0 aliphatic heterocycles. The molecule has 1 aliphatic rings. The molecule has 0 aromatic carbocycles. The van der Waals surface area contributed by atoms with Crippen LogP contribution in [0.3, 0.4) is 0 Å². The van der Waals surface area contributed by atoms with Crippen LogP contribution in [0.5, 0.6) is 0 Å². The van der Waals surface area contributed by atoms with Gasteiger partial charge in [0.2, 0.25) is 5.91 Å². The first-order chi connectivity index (χ1) is 9.29. The minimum Gasteiger partial charge on any atom is -0.481 e. The Morgan fingerprint density at radius 2 is 1.80 bits per heavy atom. The van der Waals surface area contributed by atoms with Crippen LogP contribution in [0.15, 0.2) is 0 Å². The Hall–Kier alpha value is -1.06. The van der Waals surface area contributed by atoms with Gasteiger partial charge in [-0.2, -0.15) is 0 Å². The average molecular weight is 283 g/mol. The van der Waals surface area contributed by atoms with Crippen LogP contribution in [0, 0.1) is 11.3 Å². The summed E-state index contributed by atoms with van der Waals surface area (Å²) in [5.41, 5.74) is 0.242. The molecule has 1 saturated carbocycles. The molecule has 2 atom stereocenters. The fourth-order valence-electron chi connectivity index (χ4n) is 2.83. The highest BCUT2D eigenvalue weighted by Gasteiger charge is 2.30. The Kier molecular flexibility index (Phi) is 6.50. The standard InChI is InChI=1S/C16H29NO3/c1-16(2,3)11-7-10-14(18)17-13-9-6-4-5-8-12(13)15(19)20/h12-13H,4-11H2,1-3H3,(H,17,18)(H,19,20)/t12-,13+/m1/s1. The molecule has 4 nitrogen and oxygen atoms in total. The Balaban J connectivity index is 2.43. The van der Waals surface area contributed by atoms with Crippen LogP contribution in [0.2, 0.25) is 0 Å². The molecular weight excluding hydrogens is 254 g/mol. The van der Waals surface area contributed by atoms with Crippen LogP contribution >= 0.6 is 0 Å². The van der Waals surface area contributed by atoms with Crippen LogP contribution in [0.4, 0.5) is 0 Å². The van der Waals surface area contributed by atoms with Crippen molar-refractivity contribution in [2.45, 2.75) is 78.2 Å². The highest BCUT2D eigenvalue weighted by molar-refractivity contribution is 5.78. The number of carbonyl (C=O) groups excluding carboxylic acids is 1. The van der Waals surface area contributed by atoms with Gasteiger partial charge in [0.25, 0.3) is 0 Å². The predicted molar refractivity (Wildman–Crippen MR) is 79.4 cm³/mol. The van der Waals surface area contributed by atoms with Crippen molar-refractivity contribution in [1.82, 2.24) is 5.32 Å². The number of aliphatic carboxylic acids is 1. The van der Waals surface area contributed by atoms with Crippen LogP contribution in [0.25, 0.3) is 0 Å².